The van der Waals surface area contributed by atoms with Crippen LogP contribution in [0.3, 0.4) is 0 Å². The third-order valence-corrected chi connectivity index (χ3v) is 9.92. The Morgan fingerprint density at radius 3 is 1.98 bits per heavy atom. The number of furan rings is 1. The lowest BCUT2D eigenvalue weighted by Crippen LogP contribution is -2.33. The Hall–Kier alpha value is -7.12. The zero-order chi connectivity index (χ0) is 34.2. The Kier molecular flexibility index (Phi) is 6.18. The maximum atomic E-state index is 6.69. The molecule has 9 aromatic rings. The van der Waals surface area contributed by atoms with Crippen molar-refractivity contribution in [1.82, 2.24) is 9.88 Å². The number of ether oxygens (including phenoxy) is 2. The van der Waals surface area contributed by atoms with Gasteiger partial charge in [-0.1, -0.05) is 109 Å². The highest BCUT2D eigenvalue weighted by Crippen LogP contribution is 2.49. The second kappa shape index (κ2) is 11.2. The molecule has 7 nitrogen and oxygen atoms in total. The predicted molar refractivity (Wildman–Crippen MR) is 206 cm³/mol. The molecule has 2 aliphatic heterocycles. The Balaban J connectivity index is 1.18. The van der Waals surface area contributed by atoms with Crippen LogP contribution in [0.5, 0.6) is 23.0 Å². The summed E-state index contributed by atoms with van der Waals surface area (Å²) in [6, 6.07) is 53.3. The standard InChI is InChI=1S/C45H28N4O3/c1-2-13-27(14-3-1)43-46-44(32-18-12-24-39-41(32)31-17-6-9-21-36(31)50-39)48-45(47-43)33-25-28(26-40-42(33)52-38-23-11-10-22-37(38)51-40)49-34-19-7-4-15-29(34)30-16-5-8-20-35(30)49/h1-26,43H,(H,46,47,48). The summed E-state index contributed by atoms with van der Waals surface area (Å²) >= 11 is 0. The minimum Gasteiger partial charge on any atom is -0.456 e. The van der Waals surface area contributed by atoms with Gasteiger partial charge in [-0.2, -0.15) is 0 Å². The van der Waals surface area contributed by atoms with Crippen LogP contribution in [0.2, 0.25) is 0 Å². The Morgan fingerprint density at radius 1 is 0.538 bits per heavy atom. The molecule has 7 aromatic carbocycles. The minimum atomic E-state index is -0.429. The summed E-state index contributed by atoms with van der Waals surface area (Å²) in [7, 11) is 0. The summed E-state index contributed by atoms with van der Waals surface area (Å²) in [6.07, 6.45) is -0.429. The number of nitrogens with zero attached hydrogens (tertiary/aromatic N) is 3. The Morgan fingerprint density at radius 2 is 1.19 bits per heavy atom. The molecule has 1 unspecified atom stereocenters. The molecular formula is C45H28N4O3. The van der Waals surface area contributed by atoms with Crippen molar-refractivity contribution in [2.45, 2.75) is 6.17 Å². The van der Waals surface area contributed by atoms with E-state index in [-0.39, 0.29) is 0 Å². The second-order valence-corrected chi connectivity index (χ2v) is 13.0. The summed E-state index contributed by atoms with van der Waals surface area (Å²) in [5.74, 6) is 3.64. The first-order chi connectivity index (χ1) is 25.8. The smallest absolute Gasteiger partial charge is 0.181 e. The molecule has 1 N–H and O–H groups in total. The summed E-state index contributed by atoms with van der Waals surface area (Å²) in [6.45, 7) is 0. The van der Waals surface area contributed by atoms with E-state index < -0.39 is 6.17 Å². The number of aliphatic imine (C=N–C) groups is 2. The molecule has 0 fully saturated rings. The van der Waals surface area contributed by atoms with E-state index in [9.17, 15) is 0 Å². The number of hydrogen-bond acceptors (Lipinski definition) is 6. The van der Waals surface area contributed by atoms with Crippen LogP contribution in [0.15, 0.2) is 172 Å². The van der Waals surface area contributed by atoms with Gasteiger partial charge in [-0.3, -0.25) is 0 Å². The van der Waals surface area contributed by atoms with Gasteiger partial charge in [-0.15, -0.1) is 0 Å². The maximum Gasteiger partial charge on any atom is 0.181 e. The van der Waals surface area contributed by atoms with E-state index >= 15 is 0 Å². The van der Waals surface area contributed by atoms with Crippen molar-refractivity contribution in [1.29, 1.82) is 0 Å². The van der Waals surface area contributed by atoms with Gasteiger partial charge in [0.2, 0.25) is 0 Å². The highest BCUT2D eigenvalue weighted by atomic mass is 16.6. The molecule has 52 heavy (non-hydrogen) atoms. The highest BCUT2D eigenvalue weighted by molar-refractivity contribution is 6.22. The van der Waals surface area contributed by atoms with Crippen LogP contribution in [0.25, 0.3) is 49.4 Å². The molecule has 0 aliphatic carbocycles. The van der Waals surface area contributed by atoms with Gasteiger partial charge in [0.1, 0.15) is 23.2 Å². The molecule has 2 aliphatic rings. The number of rotatable bonds is 4. The first-order valence-corrected chi connectivity index (χ1v) is 17.3. The van der Waals surface area contributed by atoms with Crippen LogP contribution in [0.1, 0.15) is 22.9 Å². The van der Waals surface area contributed by atoms with E-state index in [0.717, 1.165) is 49.8 Å². The quantitative estimate of drug-likeness (QED) is 0.202. The number of fused-ring (bicyclic) bond motifs is 8. The summed E-state index contributed by atoms with van der Waals surface area (Å²) in [5, 5.41) is 8.02. The molecule has 2 aromatic heterocycles. The lowest BCUT2D eigenvalue weighted by molar-refractivity contribution is 0.359. The monoisotopic (exact) mass is 672 g/mol. The van der Waals surface area contributed by atoms with Gasteiger partial charge in [0.25, 0.3) is 0 Å². The molecule has 0 saturated heterocycles. The zero-order valence-corrected chi connectivity index (χ0v) is 27.7. The van der Waals surface area contributed by atoms with Crippen molar-refractivity contribution in [3.63, 3.8) is 0 Å². The van der Waals surface area contributed by atoms with Gasteiger partial charge in [0, 0.05) is 33.2 Å². The summed E-state index contributed by atoms with van der Waals surface area (Å²) in [5.41, 5.74) is 7.35. The van der Waals surface area contributed by atoms with Crippen molar-refractivity contribution in [2.75, 3.05) is 0 Å². The molecule has 246 valence electrons. The van der Waals surface area contributed by atoms with E-state index in [2.05, 4.69) is 88.7 Å². The Labute approximate surface area is 297 Å². The molecule has 11 rings (SSSR count). The summed E-state index contributed by atoms with van der Waals surface area (Å²) in [4.78, 5) is 10.6. The zero-order valence-electron chi connectivity index (χ0n) is 27.7. The number of hydrogen-bond donors (Lipinski definition) is 1. The summed E-state index contributed by atoms with van der Waals surface area (Å²) < 4.78 is 21.9. The minimum absolute atomic E-state index is 0.429. The number of aromatic nitrogens is 1. The van der Waals surface area contributed by atoms with E-state index in [0.29, 0.717) is 40.2 Å². The average Bonchev–Trinajstić information content (AvgIpc) is 3.76. The number of nitrogens with one attached hydrogen (secondary N) is 1. The number of para-hydroxylation sites is 5. The van der Waals surface area contributed by atoms with Crippen molar-refractivity contribution >= 4 is 55.4 Å². The molecular weight excluding hydrogens is 645 g/mol. The maximum absolute atomic E-state index is 6.69. The third-order valence-electron chi connectivity index (χ3n) is 9.92. The molecule has 0 amide bonds. The van der Waals surface area contributed by atoms with Gasteiger partial charge in [0.15, 0.2) is 28.8 Å². The van der Waals surface area contributed by atoms with Crippen LogP contribution in [-0.2, 0) is 0 Å². The van der Waals surface area contributed by atoms with E-state index in [4.69, 9.17) is 23.9 Å². The normalized spacial score (nSPS) is 15.0. The first kappa shape index (κ1) is 28.7. The van der Waals surface area contributed by atoms with Crippen molar-refractivity contribution < 1.29 is 13.9 Å². The topological polar surface area (TPSA) is 73.3 Å². The lowest BCUT2D eigenvalue weighted by Gasteiger charge is -2.27. The van der Waals surface area contributed by atoms with Crippen LogP contribution >= 0.6 is 0 Å². The SMILES string of the molecule is c1ccc(C2N=C(c3cc(-n4c5ccccc5c5ccccc54)cc4c3Oc3ccccc3O4)N=C(c3cccc4oc5ccccc5c34)N2)cc1. The fourth-order valence-electron chi connectivity index (χ4n) is 7.60. The Bertz CT molecular complexity index is 2900. The number of benzene rings is 7. The molecule has 0 bridgehead atoms. The molecule has 0 spiro atoms. The van der Waals surface area contributed by atoms with Gasteiger partial charge in [-0.25, -0.2) is 9.98 Å². The van der Waals surface area contributed by atoms with Crippen LogP contribution in [-0.4, -0.2) is 16.2 Å². The van der Waals surface area contributed by atoms with Gasteiger partial charge in [0.05, 0.1) is 22.3 Å². The van der Waals surface area contributed by atoms with Crippen LogP contribution in [0, 0.1) is 0 Å². The van der Waals surface area contributed by atoms with Crippen molar-refractivity contribution in [2.24, 2.45) is 9.98 Å². The van der Waals surface area contributed by atoms with Crippen molar-refractivity contribution in [3.8, 4) is 28.7 Å². The molecule has 0 saturated carbocycles. The third kappa shape index (κ3) is 4.39. The molecule has 0 radical (unpaired) electrons. The van der Waals surface area contributed by atoms with E-state index in [1.165, 1.54) is 10.8 Å². The van der Waals surface area contributed by atoms with Crippen LogP contribution in [0.4, 0.5) is 0 Å². The predicted octanol–water partition coefficient (Wildman–Crippen LogP) is 11.1. The van der Waals surface area contributed by atoms with E-state index in [1.807, 2.05) is 78.9 Å². The fraction of sp³-hybridized carbons (Fsp3) is 0.0222. The largest absolute Gasteiger partial charge is 0.456 e. The molecule has 7 heteroatoms. The fourth-order valence-corrected chi connectivity index (χ4v) is 7.60. The van der Waals surface area contributed by atoms with E-state index in [1.54, 1.807) is 0 Å². The van der Waals surface area contributed by atoms with Gasteiger partial charge in [-0.05, 0) is 48.0 Å². The average molecular weight is 673 g/mol. The highest BCUT2D eigenvalue weighted by Gasteiger charge is 2.30. The molecule has 1 atom stereocenters. The van der Waals surface area contributed by atoms with Crippen molar-refractivity contribution in [3.05, 3.63) is 174 Å². The lowest BCUT2D eigenvalue weighted by atomic mass is 10.0. The number of amidine groups is 2. The van der Waals surface area contributed by atoms with Gasteiger partial charge >= 0.3 is 0 Å². The molecule has 4 heterocycles. The van der Waals surface area contributed by atoms with Gasteiger partial charge < -0.3 is 23.8 Å². The van der Waals surface area contributed by atoms with Crippen LogP contribution < -0.4 is 14.8 Å². The first-order valence-electron chi connectivity index (χ1n) is 17.3. The second-order valence-electron chi connectivity index (χ2n) is 13.0.